The lowest BCUT2D eigenvalue weighted by atomic mass is 10.5. The number of urea groups is 1. The minimum atomic E-state index is -4.30. The van der Waals surface area contributed by atoms with E-state index in [1.165, 1.54) is 6.92 Å². The van der Waals surface area contributed by atoms with Crippen LogP contribution in [-0.2, 0) is 18.9 Å². The van der Waals surface area contributed by atoms with Gasteiger partial charge in [-0.05, 0) is 6.92 Å². The Morgan fingerprint density at radius 1 is 1.09 bits per heavy atom. The van der Waals surface area contributed by atoms with E-state index in [-0.39, 0.29) is 18.4 Å². The van der Waals surface area contributed by atoms with Crippen LogP contribution >= 0.6 is 30.8 Å². The highest BCUT2D eigenvalue weighted by Gasteiger charge is 2.31. The fourth-order valence-corrected chi connectivity index (χ4v) is 2.63. The molecule has 0 aliphatic rings. The van der Waals surface area contributed by atoms with Crippen LogP contribution in [0.5, 0.6) is 0 Å². The standard InChI is InChI=1S/C9H17Cl2N4O7P/c1-3-21-8(17)14-23(19,13-7(16)12-20-2)15-9(18)22-6(4-10)5-11/h6H,3-5H2,1-2H3,(H4,12,13,14,15,16,17,18,19). The molecule has 0 aliphatic carbocycles. The van der Waals surface area contributed by atoms with Gasteiger partial charge in [-0.2, -0.15) is 0 Å². The van der Waals surface area contributed by atoms with Crippen molar-refractivity contribution in [2.75, 3.05) is 25.5 Å². The minimum absolute atomic E-state index is 0.0267. The van der Waals surface area contributed by atoms with Crippen LogP contribution < -0.4 is 20.7 Å². The molecule has 0 fully saturated rings. The number of rotatable bonds is 8. The molecule has 0 rings (SSSR count). The number of hydrogen-bond acceptors (Lipinski definition) is 7. The molecule has 0 aromatic heterocycles. The van der Waals surface area contributed by atoms with E-state index in [9.17, 15) is 18.9 Å². The second-order valence-electron chi connectivity index (χ2n) is 3.64. The molecule has 23 heavy (non-hydrogen) atoms. The van der Waals surface area contributed by atoms with E-state index in [1.54, 1.807) is 5.48 Å². The Morgan fingerprint density at radius 2 is 1.65 bits per heavy atom. The highest BCUT2D eigenvalue weighted by atomic mass is 35.5. The number of ether oxygens (including phenoxy) is 2. The summed E-state index contributed by atoms with van der Waals surface area (Å²) in [6.45, 7) is 1.48. The summed E-state index contributed by atoms with van der Waals surface area (Å²) in [7, 11) is -3.18. The summed E-state index contributed by atoms with van der Waals surface area (Å²) in [5.74, 6) is -0.214. The molecule has 0 saturated heterocycles. The quantitative estimate of drug-likeness (QED) is 0.275. The molecular formula is C9H17Cl2N4O7P. The number of halogens is 2. The molecule has 0 bridgehead atoms. The Bertz CT molecular complexity index is 439. The van der Waals surface area contributed by atoms with E-state index >= 15 is 0 Å². The van der Waals surface area contributed by atoms with E-state index < -0.39 is 31.9 Å². The van der Waals surface area contributed by atoms with Gasteiger partial charge in [0.25, 0.3) is 0 Å². The second kappa shape index (κ2) is 11.2. The van der Waals surface area contributed by atoms with Gasteiger partial charge in [-0.3, -0.25) is 9.92 Å². The van der Waals surface area contributed by atoms with Crippen LogP contribution in [0.25, 0.3) is 0 Å². The van der Waals surface area contributed by atoms with E-state index in [0.717, 1.165) is 7.11 Å². The molecular weight excluding hydrogens is 378 g/mol. The zero-order valence-electron chi connectivity index (χ0n) is 12.3. The molecule has 0 aromatic carbocycles. The largest absolute Gasteiger partial charge is 0.450 e. The number of hydroxylamine groups is 1. The molecule has 134 valence electrons. The minimum Gasteiger partial charge on any atom is -0.450 e. The van der Waals surface area contributed by atoms with Crippen LogP contribution in [0.3, 0.4) is 0 Å². The molecule has 0 radical (unpaired) electrons. The van der Waals surface area contributed by atoms with E-state index in [4.69, 9.17) is 27.9 Å². The Balaban J connectivity index is 4.95. The summed E-state index contributed by atoms with van der Waals surface area (Å²) in [5.41, 5.74) is 1.79. The molecule has 4 amide bonds. The first-order valence-electron chi connectivity index (χ1n) is 6.07. The third-order valence-corrected chi connectivity index (χ3v) is 4.05. The summed E-state index contributed by atoms with van der Waals surface area (Å²) in [6.07, 6.45) is -3.23. The first-order chi connectivity index (χ1) is 10.8. The molecule has 0 aliphatic heterocycles. The predicted molar refractivity (Wildman–Crippen MR) is 81.3 cm³/mol. The number of amides is 4. The third kappa shape index (κ3) is 9.34. The summed E-state index contributed by atoms with van der Waals surface area (Å²) < 4.78 is 21.7. The van der Waals surface area contributed by atoms with E-state index in [1.807, 2.05) is 15.3 Å². The van der Waals surface area contributed by atoms with Crippen molar-refractivity contribution in [2.45, 2.75) is 13.0 Å². The van der Waals surface area contributed by atoms with Crippen molar-refractivity contribution >= 4 is 49.0 Å². The Hall–Kier alpha value is -1.42. The van der Waals surface area contributed by atoms with Crippen molar-refractivity contribution in [3.05, 3.63) is 0 Å². The first-order valence-corrected chi connectivity index (χ1v) is 8.84. The molecule has 0 saturated carbocycles. The smallest absolute Gasteiger partial charge is 0.415 e. The zero-order chi connectivity index (χ0) is 17.9. The average Bonchev–Trinajstić information content (AvgIpc) is 2.44. The van der Waals surface area contributed by atoms with Crippen LogP contribution in [-0.4, -0.2) is 49.8 Å². The van der Waals surface area contributed by atoms with Gasteiger partial charge in [-0.1, -0.05) is 0 Å². The van der Waals surface area contributed by atoms with Gasteiger partial charge >= 0.3 is 25.8 Å². The fraction of sp³-hybridized carbons (Fsp3) is 0.667. The highest BCUT2D eigenvalue weighted by Crippen LogP contribution is 2.30. The maximum Gasteiger partial charge on any atom is 0.415 e. The summed E-state index contributed by atoms with van der Waals surface area (Å²) in [5, 5.41) is 5.44. The lowest BCUT2D eigenvalue weighted by molar-refractivity contribution is 0.110. The number of carbonyl (C=O) groups is 3. The topological polar surface area (TPSA) is 144 Å². The molecule has 0 aromatic rings. The van der Waals surface area contributed by atoms with Crippen molar-refractivity contribution in [3.8, 4) is 0 Å². The van der Waals surface area contributed by atoms with Gasteiger partial charge in [0.05, 0.1) is 25.5 Å². The second-order valence-corrected chi connectivity index (χ2v) is 6.14. The number of carbonyl (C=O) groups excluding carboxylic acids is 3. The van der Waals surface area contributed by atoms with Gasteiger partial charge < -0.3 is 9.47 Å². The number of alkyl halides is 2. The van der Waals surface area contributed by atoms with Gasteiger partial charge in [0, 0.05) is 0 Å². The SMILES string of the molecule is CCOC(=O)NP(=O)(NC(=O)NOC)NC(=O)OC(CCl)CCl. The molecule has 14 heteroatoms. The molecule has 11 nitrogen and oxygen atoms in total. The van der Waals surface area contributed by atoms with Gasteiger partial charge in [0.2, 0.25) is 0 Å². The van der Waals surface area contributed by atoms with Crippen molar-refractivity contribution in [1.82, 2.24) is 20.7 Å². The predicted octanol–water partition coefficient (Wildman–Crippen LogP) is 1.27. The molecule has 1 atom stereocenters. The van der Waals surface area contributed by atoms with Crippen LogP contribution in [0, 0.1) is 0 Å². The third-order valence-electron chi connectivity index (χ3n) is 1.84. The van der Waals surface area contributed by atoms with E-state index in [0.29, 0.717) is 0 Å². The maximum absolute atomic E-state index is 12.4. The van der Waals surface area contributed by atoms with Gasteiger partial charge in [0.1, 0.15) is 6.10 Å². The number of nitrogens with one attached hydrogen (secondary N) is 4. The Kier molecular flexibility index (Phi) is 10.5. The van der Waals surface area contributed by atoms with Crippen molar-refractivity contribution < 1.29 is 33.3 Å². The lowest BCUT2D eigenvalue weighted by Gasteiger charge is -2.21. The van der Waals surface area contributed by atoms with Crippen LogP contribution in [0.1, 0.15) is 6.92 Å². The summed E-state index contributed by atoms with van der Waals surface area (Å²) in [6, 6.07) is -1.10. The molecule has 1 unspecified atom stereocenters. The van der Waals surface area contributed by atoms with Crippen LogP contribution in [0.2, 0.25) is 0 Å². The van der Waals surface area contributed by atoms with Crippen LogP contribution in [0.4, 0.5) is 14.4 Å². The molecule has 0 heterocycles. The fourth-order valence-electron chi connectivity index (χ4n) is 1.04. The van der Waals surface area contributed by atoms with Crippen molar-refractivity contribution in [2.24, 2.45) is 0 Å². The summed E-state index contributed by atoms with van der Waals surface area (Å²) in [4.78, 5) is 38.7. The van der Waals surface area contributed by atoms with Crippen molar-refractivity contribution in [3.63, 3.8) is 0 Å². The Morgan fingerprint density at radius 3 is 2.13 bits per heavy atom. The lowest BCUT2D eigenvalue weighted by Crippen LogP contribution is -2.44. The monoisotopic (exact) mass is 394 g/mol. The van der Waals surface area contributed by atoms with Gasteiger partial charge in [-0.25, -0.2) is 34.6 Å². The van der Waals surface area contributed by atoms with E-state index in [2.05, 4.69) is 9.57 Å². The first kappa shape index (κ1) is 21.6. The zero-order valence-corrected chi connectivity index (χ0v) is 14.7. The Labute approximate surface area is 142 Å². The molecule has 0 spiro atoms. The van der Waals surface area contributed by atoms with Crippen LogP contribution in [0.15, 0.2) is 0 Å². The normalized spacial score (nSPS) is 12.7. The highest BCUT2D eigenvalue weighted by molar-refractivity contribution is 7.59. The number of hydrogen-bond donors (Lipinski definition) is 4. The average molecular weight is 395 g/mol. The van der Waals surface area contributed by atoms with Crippen molar-refractivity contribution in [1.29, 1.82) is 0 Å². The maximum atomic E-state index is 12.4. The summed E-state index contributed by atoms with van der Waals surface area (Å²) >= 11 is 11.0. The molecule has 4 N–H and O–H groups in total. The van der Waals surface area contributed by atoms with Gasteiger partial charge in [0.15, 0.2) is 0 Å². The van der Waals surface area contributed by atoms with Gasteiger partial charge in [-0.15, -0.1) is 23.2 Å².